The molecule has 1 aromatic heterocycles. The average molecular weight is 398 g/mol. The monoisotopic (exact) mass is 397 g/mol. The minimum atomic E-state index is -0.630. The molecule has 3 atom stereocenters. The van der Waals surface area contributed by atoms with E-state index < -0.39 is 5.97 Å². The number of carbonyl (C=O) groups excluding carboxylic acids is 1. The SMILES string of the molecule is CCOC(=O)c1nc2ccccc2n(C2C[C@H]3CC[C@@H](C2)N3C(CC)CC)c1=O. The molecule has 2 aliphatic heterocycles. The van der Waals surface area contributed by atoms with Gasteiger partial charge in [-0.2, -0.15) is 0 Å². The second-order valence-corrected chi connectivity index (χ2v) is 8.27. The molecule has 2 bridgehead atoms. The molecule has 6 nitrogen and oxygen atoms in total. The molecule has 0 N–H and O–H groups in total. The van der Waals surface area contributed by atoms with E-state index in [2.05, 4.69) is 23.7 Å². The summed E-state index contributed by atoms with van der Waals surface area (Å²) in [5.74, 6) is -0.630. The summed E-state index contributed by atoms with van der Waals surface area (Å²) in [7, 11) is 0. The summed E-state index contributed by atoms with van der Waals surface area (Å²) in [5.41, 5.74) is 1.07. The Morgan fingerprint density at radius 1 is 1.10 bits per heavy atom. The van der Waals surface area contributed by atoms with Gasteiger partial charge in [0.1, 0.15) is 0 Å². The van der Waals surface area contributed by atoms with Crippen molar-refractivity contribution >= 4 is 17.0 Å². The Bertz CT molecular complexity index is 936. The van der Waals surface area contributed by atoms with E-state index in [0.717, 1.165) is 18.4 Å². The molecular weight excluding hydrogens is 366 g/mol. The highest BCUT2D eigenvalue weighted by Gasteiger charge is 2.44. The van der Waals surface area contributed by atoms with Crippen LogP contribution in [-0.4, -0.2) is 45.2 Å². The molecule has 0 aliphatic carbocycles. The third kappa shape index (κ3) is 3.48. The summed E-state index contributed by atoms with van der Waals surface area (Å²) in [6.45, 7) is 6.51. The van der Waals surface area contributed by atoms with Crippen LogP contribution in [0.3, 0.4) is 0 Å². The molecule has 2 fully saturated rings. The van der Waals surface area contributed by atoms with Crippen molar-refractivity contribution in [3.05, 3.63) is 40.3 Å². The third-order valence-electron chi connectivity index (χ3n) is 6.76. The Labute approximate surface area is 171 Å². The Morgan fingerprint density at radius 3 is 2.38 bits per heavy atom. The van der Waals surface area contributed by atoms with Crippen molar-refractivity contribution in [2.45, 2.75) is 83.5 Å². The minimum absolute atomic E-state index is 0.0895. The fraction of sp³-hybridized carbons (Fsp3) is 0.609. The predicted octanol–water partition coefficient (Wildman–Crippen LogP) is 3.93. The molecule has 2 saturated heterocycles. The standard InChI is InChI=1S/C23H31N3O3/c1-4-15(5-2)25-16-11-12-17(25)14-18(13-16)26-20-10-8-7-9-19(20)24-21(22(26)27)23(28)29-6-3/h7-10,15-18H,4-6,11-14H2,1-3H3/t16-,17+,18?. The quantitative estimate of drug-likeness (QED) is 0.691. The van der Waals surface area contributed by atoms with Gasteiger partial charge >= 0.3 is 5.97 Å². The van der Waals surface area contributed by atoms with E-state index in [9.17, 15) is 9.59 Å². The smallest absolute Gasteiger partial charge is 0.362 e. The zero-order valence-electron chi connectivity index (χ0n) is 17.6. The molecule has 1 unspecified atom stereocenters. The lowest BCUT2D eigenvalue weighted by Gasteiger charge is -2.44. The van der Waals surface area contributed by atoms with Gasteiger partial charge in [-0.05, 0) is 57.6 Å². The highest BCUT2D eigenvalue weighted by atomic mass is 16.5. The van der Waals surface area contributed by atoms with E-state index in [1.807, 2.05) is 28.8 Å². The first-order valence-electron chi connectivity index (χ1n) is 11.0. The zero-order valence-corrected chi connectivity index (χ0v) is 17.6. The van der Waals surface area contributed by atoms with Gasteiger partial charge in [0, 0.05) is 24.2 Å². The Hall–Kier alpha value is -2.21. The van der Waals surface area contributed by atoms with E-state index in [1.165, 1.54) is 25.7 Å². The summed E-state index contributed by atoms with van der Waals surface area (Å²) >= 11 is 0. The number of nitrogens with zero attached hydrogens (tertiary/aromatic N) is 3. The van der Waals surface area contributed by atoms with Gasteiger partial charge in [-0.25, -0.2) is 9.78 Å². The van der Waals surface area contributed by atoms with E-state index in [-0.39, 0.29) is 23.9 Å². The Kier molecular flexibility index (Phi) is 5.72. The molecule has 0 spiro atoms. The largest absolute Gasteiger partial charge is 0.461 e. The van der Waals surface area contributed by atoms with Gasteiger partial charge in [-0.1, -0.05) is 26.0 Å². The van der Waals surface area contributed by atoms with Gasteiger partial charge in [-0.15, -0.1) is 0 Å². The molecule has 0 amide bonds. The first-order valence-corrected chi connectivity index (χ1v) is 11.0. The summed E-state index contributed by atoms with van der Waals surface area (Å²) in [6.07, 6.45) is 6.62. The van der Waals surface area contributed by atoms with E-state index in [1.54, 1.807) is 6.92 Å². The Balaban J connectivity index is 1.76. The molecule has 6 heteroatoms. The summed E-state index contributed by atoms with van der Waals surface area (Å²) in [6, 6.07) is 9.34. The molecule has 2 aliphatic rings. The number of esters is 1. The fourth-order valence-corrected chi connectivity index (χ4v) is 5.55. The lowest BCUT2D eigenvalue weighted by molar-refractivity contribution is 0.0509. The molecule has 4 rings (SSSR count). The molecular formula is C23H31N3O3. The maximum atomic E-state index is 13.3. The van der Waals surface area contributed by atoms with Crippen LogP contribution in [-0.2, 0) is 4.74 Å². The second-order valence-electron chi connectivity index (χ2n) is 8.27. The van der Waals surface area contributed by atoms with E-state index in [0.29, 0.717) is 23.6 Å². The molecule has 29 heavy (non-hydrogen) atoms. The minimum Gasteiger partial charge on any atom is -0.461 e. The van der Waals surface area contributed by atoms with Crippen LogP contribution in [0.25, 0.3) is 11.0 Å². The maximum Gasteiger partial charge on any atom is 0.362 e. The molecule has 1 aromatic carbocycles. The number of carbonyl (C=O) groups is 1. The first-order chi connectivity index (χ1) is 14.1. The van der Waals surface area contributed by atoms with Crippen molar-refractivity contribution in [1.29, 1.82) is 0 Å². The van der Waals surface area contributed by atoms with Gasteiger partial charge in [0.25, 0.3) is 5.56 Å². The van der Waals surface area contributed by atoms with Crippen LogP contribution in [0.15, 0.2) is 29.1 Å². The molecule has 0 radical (unpaired) electrons. The van der Waals surface area contributed by atoms with Crippen LogP contribution in [0.2, 0.25) is 0 Å². The lowest BCUT2D eigenvalue weighted by Crippen LogP contribution is -2.50. The van der Waals surface area contributed by atoms with Crippen molar-refractivity contribution < 1.29 is 9.53 Å². The first kappa shape index (κ1) is 20.1. The molecule has 3 heterocycles. The van der Waals surface area contributed by atoms with Gasteiger partial charge in [-0.3, -0.25) is 9.69 Å². The summed E-state index contributed by atoms with van der Waals surface area (Å²) < 4.78 is 6.95. The van der Waals surface area contributed by atoms with Crippen LogP contribution in [0.1, 0.15) is 75.8 Å². The van der Waals surface area contributed by atoms with Crippen molar-refractivity contribution in [1.82, 2.24) is 14.5 Å². The van der Waals surface area contributed by atoms with Crippen molar-refractivity contribution in [3.63, 3.8) is 0 Å². The number of benzene rings is 1. The molecule has 0 saturated carbocycles. The van der Waals surface area contributed by atoms with Crippen LogP contribution >= 0.6 is 0 Å². The fourth-order valence-electron chi connectivity index (χ4n) is 5.55. The summed E-state index contributed by atoms with van der Waals surface area (Å²) in [5, 5.41) is 0. The van der Waals surface area contributed by atoms with Gasteiger partial charge < -0.3 is 9.30 Å². The number of rotatable bonds is 6. The van der Waals surface area contributed by atoms with Crippen molar-refractivity contribution in [2.24, 2.45) is 0 Å². The average Bonchev–Trinajstić information content (AvgIpc) is 2.98. The normalized spacial score (nSPS) is 24.3. The topological polar surface area (TPSA) is 64.4 Å². The zero-order chi connectivity index (χ0) is 20.5. The van der Waals surface area contributed by atoms with E-state index in [4.69, 9.17) is 4.74 Å². The van der Waals surface area contributed by atoms with Crippen LogP contribution in [0.5, 0.6) is 0 Å². The highest BCUT2D eigenvalue weighted by molar-refractivity contribution is 5.89. The lowest BCUT2D eigenvalue weighted by atomic mass is 9.93. The van der Waals surface area contributed by atoms with Crippen LogP contribution < -0.4 is 5.56 Å². The van der Waals surface area contributed by atoms with Crippen molar-refractivity contribution in [3.8, 4) is 0 Å². The molecule has 156 valence electrons. The number of para-hydroxylation sites is 2. The number of fused-ring (bicyclic) bond motifs is 3. The van der Waals surface area contributed by atoms with Gasteiger partial charge in [0.15, 0.2) is 0 Å². The predicted molar refractivity (Wildman–Crippen MR) is 113 cm³/mol. The number of hydrogen-bond acceptors (Lipinski definition) is 5. The number of aromatic nitrogens is 2. The van der Waals surface area contributed by atoms with Crippen LogP contribution in [0.4, 0.5) is 0 Å². The van der Waals surface area contributed by atoms with Crippen LogP contribution in [0, 0.1) is 0 Å². The highest BCUT2D eigenvalue weighted by Crippen LogP contribution is 2.43. The maximum absolute atomic E-state index is 13.3. The number of hydrogen-bond donors (Lipinski definition) is 0. The van der Waals surface area contributed by atoms with Crippen molar-refractivity contribution in [2.75, 3.05) is 6.61 Å². The number of piperidine rings is 1. The Morgan fingerprint density at radius 2 is 1.76 bits per heavy atom. The summed E-state index contributed by atoms with van der Waals surface area (Å²) in [4.78, 5) is 32.8. The second kappa shape index (κ2) is 8.27. The van der Waals surface area contributed by atoms with Gasteiger partial charge in [0.05, 0.1) is 17.6 Å². The van der Waals surface area contributed by atoms with E-state index >= 15 is 0 Å². The third-order valence-corrected chi connectivity index (χ3v) is 6.76. The number of ether oxygens (including phenoxy) is 1. The van der Waals surface area contributed by atoms with Gasteiger partial charge in [0.2, 0.25) is 5.69 Å². The molecule has 2 aromatic rings.